The van der Waals surface area contributed by atoms with Crippen LogP contribution in [-0.4, -0.2) is 35.7 Å². The van der Waals surface area contributed by atoms with E-state index >= 15 is 0 Å². The highest BCUT2D eigenvalue weighted by molar-refractivity contribution is 7.99. The molecule has 2 rings (SSSR count). The number of benzene rings is 1. The second-order valence-electron chi connectivity index (χ2n) is 3.42. The molecule has 1 heterocycles. The first-order chi connectivity index (χ1) is 7.29. The van der Waals surface area contributed by atoms with Crippen LogP contribution in [0.3, 0.4) is 0 Å². The lowest BCUT2D eigenvalue weighted by Gasteiger charge is -2.29. The maximum Gasteiger partial charge on any atom is 0.337 e. The molecule has 1 aromatic carbocycles. The van der Waals surface area contributed by atoms with Crippen LogP contribution in [0.5, 0.6) is 0 Å². The number of hydrogen-bond acceptors (Lipinski definition) is 3. The second-order valence-corrected chi connectivity index (χ2v) is 4.65. The van der Waals surface area contributed by atoms with Crippen LogP contribution in [0, 0.1) is 0 Å². The summed E-state index contributed by atoms with van der Waals surface area (Å²) in [7, 11) is 0. The van der Waals surface area contributed by atoms with Gasteiger partial charge in [-0.05, 0) is 12.1 Å². The molecule has 0 spiro atoms. The molecule has 0 amide bonds. The summed E-state index contributed by atoms with van der Waals surface area (Å²) in [5, 5.41) is 9.06. The third kappa shape index (κ3) is 2.26. The largest absolute Gasteiger partial charge is 0.478 e. The van der Waals surface area contributed by atoms with Crippen molar-refractivity contribution in [1.82, 2.24) is 0 Å². The lowest BCUT2D eigenvalue weighted by atomic mass is 10.1. The number of rotatable bonds is 2. The molecule has 0 aromatic heterocycles. The number of anilines is 1. The molecule has 1 fully saturated rings. The lowest BCUT2D eigenvalue weighted by molar-refractivity contribution is 0.0697. The second kappa shape index (κ2) is 4.57. The van der Waals surface area contributed by atoms with Crippen molar-refractivity contribution in [1.29, 1.82) is 0 Å². The average Bonchev–Trinajstić information content (AvgIpc) is 2.30. The summed E-state index contributed by atoms with van der Waals surface area (Å²) < 4.78 is 0. The van der Waals surface area contributed by atoms with Gasteiger partial charge in [0.25, 0.3) is 0 Å². The summed E-state index contributed by atoms with van der Waals surface area (Å²) in [6.45, 7) is 1.88. The lowest BCUT2D eigenvalue weighted by Crippen LogP contribution is -2.33. The van der Waals surface area contributed by atoms with Crippen LogP contribution in [0.1, 0.15) is 10.4 Å². The molecule has 1 aromatic rings. The van der Waals surface area contributed by atoms with Crippen molar-refractivity contribution in [3.8, 4) is 0 Å². The quantitative estimate of drug-likeness (QED) is 0.831. The number of carboxylic acids is 1. The van der Waals surface area contributed by atoms with E-state index in [1.165, 1.54) is 0 Å². The number of nitrogens with zero attached hydrogens (tertiary/aromatic N) is 1. The first kappa shape index (κ1) is 10.4. The Kier molecular flexibility index (Phi) is 3.16. The van der Waals surface area contributed by atoms with E-state index < -0.39 is 5.97 Å². The Balaban J connectivity index is 2.29. The van der Waals surface area contributed by atoms with Crippen LogP contribution < -0.4 is 4.90 Å². The van der Waals surface area contributed by atoms with E-state index in [2.05, 4.69) is 4.90 Å². The summed E-state index contributed by atoms with van der Waals surface area (Å²) in [6.07, 6.45) is 0. The minimum Gasteiger partial charge on any atom is -0.478 e. The van der Waals surface area contributed by atoms with Crippen molar-refractivity contribution < 1.29 is 9.90 Å². The smallest absolute Gasteiger partial charge is 0.337 e. The van der Waals surface area contributed by atoms with E-state index in [1.807, 2.05) is 23.9 Å². The molecule has 4 heteroatoms. The van der Waals surface area contributed by atoms with Crippen molar-refractivity contribution in [3.05, 3.63) is 29.8 Å². The Labute approximate surface area is 93.1 Å². The van der Waals surface area contributed by atoms with Gasteiger partial charge in [-0.1, -0.05) is 12.1 Å². The summed E-state index contributed by atoms with van der Waals surface area (Å²) in [6, 6.07) is 7.22. The molecule has 0 saturated carbocycles. The first-order valence-electron chi connectivity index (χ1n) is 4.94. The van der Waals surface area contributed by atoms with Gasteiger partial charge in [0.1, 0.15) is 0 Å². The van der Waals surface area contributed by atoms with Crippen LogP contribution in [0.2, 0.25) is 0 Å². The predicted molar refractivity (Wildman–Crippen MR) is 62.9 cm³/mol. The summed E-state index contributed by atoms with van der Waals surface area (Å²) in [5.41, 5.74) is 1.26. The Morgan fingerprint density at radius 1 is 1.27 bits per heavy atom. The van der Waals surface area contributed by atoms with Crippen molar-refractivity contribution in [2.24, 2.45) is 0 Å². The van der Waals surface area contributed by atoms with Crippen LogP contribution >= 0.6 is 11.8 Å². The van der Waals surface area contributed by atoms with Gasteiger partial charge >= 0.3 is 5.97 Å². The fraction of sp³-hybridized carbons (Fsp3) is 0.364. The Morgan fingerprint density at radius 3 is 2.60 bits per heavy atom. The third-order valence-electron chi connectivity index (χ3n) is 2.49. The molecule has 0 unspecified atom stereocenters. The standard InChI is InChI=1S/C11H13NO2S/c13-11(14)9-3-1-2-4-10(9)12-5-7-15-8-6-12/h1-4H,5-8H2,(H,13,14). The fourth-order valence-corrected chi connectivity index (χ4v) is 2.64. The number of hydrogen-bond donors (Lipinski definition) is 1. The molecule has 0 aliphatic carbocycles. The first-order valence-corrected chi connectivity index (χ1v) is 6.09. The molecule has 1 aliphatic rings. The highest BCUT2D eigenvalue weighted by atomic mass is 32.2. The Bertz CT molecular complexity index is 361. The molecule has 0 radical (unpaired) electrons. The Hall–Kier alpha value is -1.16. The number of carbonyl (C=O) groups is 1. The van der Waals surface area contributed by atoms with E-state index in [9.17, 15) is 4.79 Å². The van der Waals surface area contributed by atoms with Gasteiger partial charge in [0, 0.05) is 24.6 Å². The fourth-order valence-electron chi connectivity index (χ4n) is 1.73. The topological polar surface area (TPSA) is 40.5 Å². The highest BCUT2D eigenvalue weighted by Gasteiger charge is 2.17. The van der Waals surface area contributed by atoms with E-state index in [-0.39, 0.29) is 0 Å². The normalized spacial score (nSPS) is 16.4. The van der Waals surface area contributed by atoms with E-state index in [1.54, 1.807) is 12.1 Å². The highest BCUT2D eigenvalue weighted by Crippen LogP contribution is 2.23. The van der Waals surface area contributed by atoms with Gasteiger partial charge in [-0.15, -0.1) is 0 Å². The molecule has 80 valence electrons. The van der Waals surface area contributed by atoms with Gasteiger partial charge in [0.2, 0.25) is 0 Å². The Morgan fingerprint density at radius 2 is 1.93 bits per heavy atom. The van der Waals surface area contributed by atoms with Gasteiger partial charge in [-0.3, -0.25) is 0 Å². The van der Waals surface area contributed by atoms with Gasteiger partial charge in [0.15, 0.2) is 0 Å². The third-order valence-corrected chi connectivity index (χ3v) is 3.43. The molecule has 1 N–H and O–H groups in total. The van der Waals surface area contributed by atoms with Crippen molar-refractivity contribution in [2.45, 2.75) is 0 Å². The van der Waals surface area contributed by atoms with Gasteiger partial charge in [-0.2, -0.15) is 11.8 Å². The van der Waals surface area contributed by atoms with Crippen LogP contribution in [0.15, 0.2) is 24.3 Å². The maximum absolute atomic E-state index is 11.0. The van der Waals surface area contributed by atoms with Crippen LogP contribution in [0.4, 0.5) is 5.69 Å². The van der Waals surface area contributed by atoms with Gasteiger partial charge in [0.05, 0.1) is 11.3 Å². The van der Waals surface area contributed by atoms with E-state index in [0.29, 0.717) is 5.56 Å². The monoisotopic (exact) mass is 223 g/mol. The van der Waals surface area contributed by atoms with Crippen LogP contribution in [0.25, 0.3) is 0 Å². The number of para-hydroxylation sites is 1. The number of thioether (sulfide) groups is 1. The molecule has 15 heavy (non-hydrogen) atoms. The summed E-state index contributed by atoms with van der Waals surface area (Å²) in [5.74, 6) is 1.31. The van der Waals surface area contributed by atoms with Crippen LogP contribution in [-0.2, 0) is 0 Å². The zero-order chi connectivity index (χ0) is 10.7. The molecule has 3 nitrogen and oxygen atoms in total. The predicted octanol–water partition coefficient (Wildman–Crippen LogP) is 1.94. The molecular weight excluding hydrogens is 210 g/mol. The van der Waals surface area contributed by atoms with Gasteiger partial charge in [-0.25, -0.2) is 4.79 Å². The minimum absolute atomic E-state index is 0.407. The summed E-state index contributed by atoms with van der Waals surface area (Å²) >= 11 is 1.92. The zero-order valence-electron chi connectivity index (χ0n) is 8.35. The minimum atomic E-state index is -0.844. The summed E-state index contributed by atoms with van der Waals surface area (Å²) in [4.78, 5) is 13.2. The van der Waals surface area contributed by atoms with E-state index in [4.69, 9.17) is 5.11 Å². The molecular formula is C11H13NO2S. The molecule has 0 bridgehead atoms. The zero-order valence-corrected chi connectivity index (χ0v) is 9.17. The number of carboxylic acid groups (broad SMARTS) is 1. The van der Waals surface area contributed by atoms with E-state index in [0.717, 1.165) is 30.3 Å². The van der Waals surface area contributed by atoms with Crippen molar-refractivity contribution in [2.75, 3.05) is 29.5 Å². The average molecular weight is 223 g/mol. The van der Waals surface area contributed by atoms with Gasteiger partial charge < -0.3 is 10.0 Å². The SMILES string of the molecule is O=C(O)c1ccccc1N1CCSCC1. The van der Waals surface area contributed by atoms with Crippen molar-refractivity contribution >= 4 is 23.4 Å². The molecule has 1 aliphatic heterocycles. The van der Waals surface area contributed by atoms with Crippen molar-refractivity contribution in [3.63, 3.8) is 0 Å². The number of aromatic carboxylic acids is 1. The molecule has 1 saturated heterocycles. The molecule has 0 atom stereocenters. The maximum atomic E-state index is 11.0.